The molecule has 2 aromatic carbocycles. The van der Waals surface area contributed by atoms with Crippen LogP contribution in [0, 0.1) is 12.7 Å². The van der Waals surface area contributed by atoms with Crippen molar-refractivity contribution in [1.29, 1.82) is 0 Å². The van der Waals surface area contributed by atoms with Crippen LogP contribution in [0.1, 0.15) is 17.6 Å². The summed E-state index contributed by atoms with van der Waals surface area (Å²) in [6.45, 7) is 2.88. The Labute approximate surface area is 195 Å². The molecule has 0 radical (unpaired) electrons. The van der Waals surface area contributed by atoms with Gasteiger partial charge >= 0.3 is 0 Å². The number of hydrogen-bond donors (Lipinski definition) is 1. The van der Waals surface area contributed by atoms with E-state index in [4.69, 9.17) is 0 Å². The Balaban J connectivity index is 1.81. The number of carbonyl (C=O) groups excluding carboxylic acids is 2. The van der Waals surface area contributed by atoms with E-state index in [0.717, 1.165) is 9.31 Å². The van der Waals surface area contributed by atoms with Gasteiger partial charge in [0.1, 0.15) is 5.82 Å². The molecule has 3 rings (SSSR count). The van der Waals surface area contributed by atoms with Gasteiger partial charge in [0, 0.05) is 30.7 Å². The average molecular weight is 491 g/mol. The van der Waals surface area contributed by atoms with Crippen LogP contribution < -0.4 is 10.2 Å². The number of likely N-dealkylation sites (N-methyl/N-ethyl adjacent to an activating group) is 1. The number of carbonyl (C=O) groups is 2. The lowest BCUT2D eigenvalue weighted by Crippen LogP contribution is -2.41. The Kier molecular flexibility index (Phi) is 7.57. The van der Waals surface area contributed by atoms with Gasteiger partial charge in [0.2, 0.25) is 21.8 Å². The largest absolute Gasteiger partial charge is 0.326 e. The van der Waals surface area contributed by atoms with Gasteiger partial charge in [0.05, 0.1) is 28.7 Å². The number of anilines is 2. The Morgan fingerprint density at radius 1 is 1.09 bits per heavy atom. The summed E-state index contributed by atoms with van der Waals surface area (Å²) in [5.41, 5.74) is 1.54. The summed E-state index contributed by atoms with van der Waals surface area (Å²) in [6.07, 6.45) is 0. The zero-order valence-corrected chi connectivity index (χ0v) is 19.9. The van der Waals surface area contributed by atoms with Crippen LogP contribution in [0.25, 0.3) is 0 Å². The minimum atomic E-state index is -3.97. The van der Waals surface area contributed by atoms with Gasteiger partial charge in [-0.15, -0.1) is 11.3 Å². The van der Waals surface area contributed by atoms with Crippen molar-refractivity contribution < 1.29 is 22.4 Å². The van der Waals surface area contributed by atoms with Crippen LogP contribution >= 0.6 is 11.3 Å². The van der Waals surface area contributed by atoms with E-state index in [0.29, 0.717) is 17.1 Å². The molecule has 1 N–H and O–H groups in total. The molecule has 0 aliphatic carbocycles. The molecule has 0 aliphatic rings. The third-order valence-corrected chi connectivity index (χ3v) is 7.31. The highest BCUT2D eigenvalue weighted by Crippen LogP contribution is 2.22. The van der Waals surface area contributed by atoms with Crippen molar-refractivity contribution in [3.8, 4) is 0 Å². The Morgan fingerprint density at radius 2 is 1.73 bits per heavy atom. The summed E-state index contributed by atoms with van der Waals surface area (Å²) in [4.78, 5) is 30.0. The molecule has 0 bridgehead atoms. The Hall–Kier alpha value is -3.15. The predicted molar refractivity (Wildman–Crippen MR) is 125 cm³/mol. The third kappa shape index (κ3) is 6.21. The number of aryl methyl sites for hydroxylation is 1. The molecule has 0 unspecified atom stereocenters. The third-order valence-electron chi connectivity index (χ3n) is 4.67. The summed E-state index contributed by atoms with van der Waals surface area (Å²) in [7, 11) is -2.66. The molecule has 0 aliphatic heterocycles. The van der Waals surface area contributed by atoms with Crippen LogP contribution in [0.4, 0.5) is 15.8 Å². The minimum absolute atomic E-state index is 0.0182. The van der Waals surface area contributed by atoms with Gasteiger partial charge in [0.15, 0.2) is 0 Å². The van der Waals surface area contributed by atoms with E-state index in [1.54, 1.807) is 0 Å². The lowest BCUT2D eigenvalue weighted by Gasteiger charge is -2.25. The number of hydrogen-bond acceptors (Lipinski definition) is 6. The number of benzene rings is 2. The SMILES string of the molecule is CC(=O)Nc1ccc(S(=O)(=O)N(C)CC(=O)N(Cc2csc(C)n2)c2ccc(F)cc2)cc1. The van der Waals surface area contributed by atoms with E-state index in [1.807, 2.05) is 12.3 Å². The second kappa shape index (κ2) is 10.2. The molecule has 0 saturated heterocycles. The first-order valence-electron chi connectivity index (χ1n) is 9.87. The standard InChI is InChI=1S/C22H23FN4O4S2/c1-15(28)24-18-6-10-21(11-7-18)33(30,31)26(3)13-22(29)27(12-19-14-32-16(2)25-19)20-8-4-17(23)5-9-20/h4-11,14H,12-13H2,1-3H3,(H,24,28). The number of halogens is 1. The molecule has 0 saturated carbocycles. The molecular weight excluding hydrogens is 467 g/mol. The normalized spacial score (nSPS) is 11.4. The smallest absolute Gasteiger partial charge is 0.243 e. The van der Waals surface area contributed by atoms with Crippen LogP contribution in [0.2, 0.25) is 0 Å². The van der Waals surface area contributed by atoms with Crippen molar-refractivity contribution in [1.82, 2.24) is 9.29 Å². The van der Waals surface area contributed by atoms with E-state index in [1.165, 1.54) is 78.7 Å². The minimum Gasteiger partial charge on any atom is -0.326 e. The summed E-state index contributed by atoms with van der Waals surface area (Å²) >= 11 is 1.43. The number of thiazole rings is 1. The van der Waals surface area contributed by atoms with Crippen molar-refractivity contribution >= 4 is 44.5 Å². The van der Waals surface area contributed by atoms with E-state index < -0.39 is 28.3 Å². The fraction of sp³-hybridized carbons (Fsp3) is 0.227. The zero-order valence-electron chi connectivity index (χ0n) is 18.3. The topological polar surface area (TPSA) is 99.7 Å². The first-order valence-corrected chi connectivity index (χ1v) is 12.2. The number of rotatable bonds is 8. The van der Waals surface area contributed by atoms with Gasteiger partial charge in [-0.1, -0.05) is 0 Å². The van der Waals surface area contributed by atoms with Crippen LogP contribution in [0.3, 0.4) is 0 Å². The average Bonchev–Trinajstić information content (AvgIpc) is 3.17. The second-order valence-electron chi connectivity index (χ2n) is 7.28. The maximum absolute atomic E-state index is 13.4. The van der Waals surface area contributed by atoms with Crippen molar-refractivity contribution in [2.75, 3.05) is 23.8 Å². The summed E-state index contributed by atoms with van der Waals surface area (Å²) in [5.74, 6) is -1.21. The van der Waals surface area contributed by atoms with Crippen molar-refractivity contribution in [3.63, 3.8) is 0 Å². The van der Waals surface area contributed by atoms with Gasteiger partial charge < -0.3 is 10.2 Å². The summed E-state index contributed by atoms with van der Waals surface area (Å²) in [5, 5.41) is 5.21. The van der Waals surface area contributed by atoms with Crippen LogP contribution in [-0.4, -0.2) is 43.1 Å². The molecule has 0 atom stereocenters. The molecule has 2 amide bonds. The van der Waals surface area contributed by atoms with Gasteiger partial charge in [-0.2, -0.15) is 4.31 Å². The van der Waals surface area contributed by atoms with Crippen LogP contribution in [0.5, 0.6) is 0 Å². The Bertz CT molecular complexity index is 1240. The number of sulfonamides is 1. The van der Waals surface area contributed by atoms with E-state index in [2.05, 4.69) is 10.3 Å². The molecule has 8 nitrogen and oxygen atoms in total. The van der Waals surface area contributed by atoms with Crippen molar-refractivity contribution in [2.24, 2.45) is 0 Å². The number of aromatic nitrogens is 1. The van der Waals surface area contributed by atoms with Gasteiger partial charge in [-0.3, -0.25) is 9.59 Å². The molecular formula is C22H23FN4O4S2. The zero-order chi connectivity index (χ0) is 24.2. The summed E-state index contributed by atoms with van der Waals surface area (Å²) < 4.78 is 40.3. The lowest BCUT2D eigenvalue weighted by molar-refractivity contribution is -0.118. The maximum Gasteiger partial charge on any atom is 0.243 e. The predicted octanol–water partition coefficient (Wildman–Crippen LogP) is 3.40. The summed E-state index contributed by atoms with van der Waals surface area (Å²) in [6, 6.07) is 11.1. The quantitative estimate of drug-likeness (QED) is 0.522. The van der Waals surface area contributed by atoms with E-state index in [9.17, 15) is 22.4 Å². The van der Waals surface area contributed by atoms with E-state index in [-0.39, 0.29) is 17.3 Å². The van der Waals surface area contributed by atoms with Crippen molar-refractivity contribution in [2.45, 2.75) is 25.3 Å². The maximum atomic E-state index is 13.4. The molecule has 3 aromatic rings. The van der Waals surface area contributed by atoms with Gasteiger partial charge in [0.25, 0.3) is 0 Å². The molecule has 1 heterocycles. The number of amides is 2. The first kappa shape index (κ1) is 24.5. The van der Waals surface area contributed by atoms with Crippen LogP contribution in [-0.2, 0) is 26.2 Å². The van der Waals surface area contributed by atoms with E-state index >= 15 is 0 Å². The Morgan fingerprint density at radius 3 is 2.27 bits per heavy atom. The molecule has 0 spiro atoms. The highest BCUT2D eigenvalue weighted by Gasteiger charge is 2.26. The van der Waals surface area contributed by atoms with Crippen LogP contribution in [0.15, 0.2) is 58.8 Å². The van der Waals surface area contributed by atoms with Gasteiger partial charge in [-0.25, -0.2) is 17.8 Å². The molecule has 33 heavy (non-hydrogen) atoms. The highest BCUT2D eigenvalue weighted by atomic mass is 32.2. The lowest BCUT2D eigenvalue weighted by atomic mass is 10.2. The first-order chi connectivity index (χ1) is 15.6. The van der Waals surface area contributed by atoms with Gasteiger partial charge in [-0.05, 0) is 55.5 Å². The highest BCUT2D eigenvalue weighted by molar-refractivity contribution is 7.89. The second-order valence-corrected chi connectivity index (χ2v) is 10.4. The van der Waals surface area contributed by atoms with Crippen molar-refractivity contribution in [3.05, 3.63) is 70.4 Å². The molecule has 0 fully saturated rings. The fourth-order valence-corrected chi connectivity index (χ4v) is 4.77. The molecule has 174 valence electrons. The fourth-order valence-electron chi connectivity index (χ4n) is 3.04. The monoisotopic (exact) mass is 490 g/mol. The number of nitrogens with one attached hydrogen (secondary N) is 1. The molecule has 11 heteroatoms. The number of nitrogens with zero attached hydrogens (tertiary/aromatic N) is 3. The molecule has 1 aromatic heterocycles.